The number of hydrogen-bond donors (Lipinski definition) is 2. The number of rotatable bonds is 5. The third-order valence-electron chi connectivity index (χ3n) is 5.30. The molecule has 0 unspecified atom stereocenters. The average Bonchev–Trinajstić information content (AvgIpc) is 3.33. The second-order valence-corrected chi connectivity index (χ2v) is 8.48. The van der Waals surface area contributed by atoms with Gasteiger partial charge in [0.2, 0.25) is 0 Å². The predicted molar refractivity (Wildman–Crippen MR) is 108 cm³/mol. The first-order valence-electron chi connectivity index (χ1n) is 10.1. The molecule has 1 saturated heterocycles. The smallest absolute Gasteiger partial charge is 0.252 e. The number of nitrogens with zero attached hydrogens (tertiary/aromatic N) is 5. The van der Waals surface area contributed by atoms with E-state index >= 15 is 0 Å². The van der Waals surface area contributed by atoms with Crippen LogP contribution in [0.5, 0.6) is 0 Å². The second-order valence-electron chi connectivity index (χ2n) is 8.48. The van der Waals surface area contributed by atoms with E-state index in [1.807, 2.05) is 6.92 Å². The molecule has 0 spiro atoms. The lowest BCUT2D eigenvalue weighted by Crippen LogP contribution is -2.42. The number of anilines is 1. The fourth-order valence-electron chi connectivity index (χ4n) is 3.55. The van der Waals surface area contributed by atoms with Gasteiger partial charge in [0.1, 0.15) is 6.33 Å². The summed E-state index contributed by atoms with van der Waals surface area (Å²) in [4.78, 5) is 15.5. The van der Waals surface area contributed by atoms with Crippen molar-refractivity contribution in [3.63, 3.8) is 0 Å². The summed E-state index contributed by atoms with van der Waals surface area (Å²) in [6.07, 6.45) is 4.44. The lowest BCUT2D eigenvalue weighted by atomic mass is 9.92. The van der Waals surface area contributed by atoms with Gasteiger partial charge in [-0.15, -0.1) is 0 Å². The summed E-state index contributed by atoms with van der Waals surface area (Å²) < 4.78 is 5.67. The van der Waals surface area contributed by atoms with E-state index in [1.165, 1.54) is 0 Å². The van der Waals surface area contributed by atoms with Gasteiger partial charge in [-0.25, -0.2) is 9.97 Å². The highest BCUT2D eigenvalue weighted by Gasteiger charge is 2.24. The molecule has 0 atom stereocenters. The number of oxazole rings is 1. The summed E-state index contributed by atoms with van der Waals surface area (Å²) in [7, 11) is 0. The summed E-state index contributed by atoms with van der Waals surface area (Å²) in [5.74, 6) is 1.60. The van der Waals surface area contributed by atoms with Crippen LogP contribution in [0.25, 0.3) is 11.2 Å². The van der Waals surface area contributed by atoms with E-state index < -0.39 is 0 Å². The first-order chi connectivity index (χ1) is 13.4. The van der Waals surface area contributed by atoms with Crippen LogP contribution in [-0.4, -0.2) is 44.3 Å². The summed E-state index contributed by atoms with van der Waals surface area (Å²) in [5.41, 5.74) is 3.67. The summed E-state index contributed by atoms with van der Waals surface area (Å²) in [5, 5.41) is 11.3. The maximum absolute atomic E-state index is 5.67. The molecule has 1 aliphatic heterocycles. The molecule has 28 heavy (non-hydrogen) atoms. The van der Waals surface area contributed by atoms with Crippen molar-refractivity contribution < 1.29 is 4.42 Å². The molecule has 4 heterocycles. The van der Waals surface area contributed by atoms with Gasteiger partial charge in [-0.05, 0) is 18.9 Å². The second kappa shape index (κ2) is 7.50. The van der Waals surface area contributed by atoms with E-state index in [4.69, 9.17) is 4.42 Å². The van der Waals surface area contributed by atoms with Gasteiger partial charge in [0.05, 0.1) is 5.69 Å². The summed E-state index contributed by atoms with van der Waals surface area (Å²) in [6, 6.07) is 2.65. The van der Waals surface area contributed by atoms with Crippen molar-refractivity contribution >= 4 is 17.0 Å². The zero-order valence-electron chi connectivity index (χ0n) is 17.1. The number of aryl methyl sites for hydroxylation is 1. The van der Waals surface area contributed by atoms with Crippen molar-refractivity contribution in [2.75, 3.05) is 18.0 Å². The molecule has 1 fully saturated rings. The van der Waals surface area contributed by atoms with Gasteiger partial charge in [-0.3, -0.25) is 5.10 Å². The number of nitrogens with one attached hydrogen (secondary N) is 2. The van der Waals surface area contributed by atoms with Gasteiger partial charge in [-0.1, -0.05) is 27.7 Å². The predicted octanol–water partition coefficient (Wildman–Crippen LogP) is 2.96. The number of hydrogen-bond acceptors (Lipinski definition) is 7. The first-order valence-corrected chi connectivity index (χ1v) is 10.1. The van der Waals surface area contributed by atoms with Gasteiger partial charge in [0.15, 0.2) is 17.2 Å². The largest absolute Gasteiger partial charge is 0.422 e. The Bertz CT molecular complexity index is 932. The number of aromatic amines is 1. The Morgan fingerprint density at radius 3 is 2.71 bits per heavy atom. The minimum atomic E-state index is 0.0712. The Morgan fingerprint density at radius 1 is 1.25 bits per heavy atom. The Hall–Kier alpha value is -2.48. The van der Waals surface area contributed by atoms with Crippen LogP contribution in [0, 0.1) is 0 Å². The highest BCUT2D eigenvalue weighted by atomic mass is 16.4. The van der Waals surface area contributed by atoms with Crippen LogP contribution in [0.1, 0.15) is 57.8 Å². The van der Waals surface area contributed by atoms with Crippen LogP contribution in [0.4, 0.5) is 5.82 Å². The van der Waals surface area contributed by atoms with E-state index in [0.717, 1.165) is 61.6 Å². The van der Waals surface area contributed by atoms with Crippen molar-refractivity contribution in [3.05, 3.63) is 29.7 Å². The van der Waals surface area contributed by atoms with Crippen LogP contribution in [0.3, 0.4) is 0 Å². The maximum Gasteiger partial charge on any atom is 0.252 e. The van der Waals surface area contributed by atoms with Crippen LogP contribution < -0.4 is 10.2 Å². The molecule has 8 heteroatoms. The maximum atomic E-state index is 5.67. The molecule has 0 bridgehead atoms. The molecule has 8 nitrogen and oxygen atoms in total. The molecular formula is C20H29N7O. The quantitative estimate of drug-likeness (QED) is 0.699. The third kappa shape index (κ3) is 3.87. The van der Waals surface area contributed by atoms with Crippen molar-refractivity contribution in [2.24, 2.45) is 0 Å². The minimum Gasteiger partial charge on any atom is -0.422 e. The molecule has 150 valence electrons. The summed E-state index contributed by atoms with van der Waals surface area (Å²) >= 11 is 0. The highest BCUT2D eigenvalue weighted by molar-refractivity contribution is 5.81. The zero-order valence-corrected chi connectivity index (χ0v) is 17.1. The molecule has 4 rings (SSSR count). The van der Waals surface area contributed by atoms with Crippen molar-refractivity contribution in [2.45, 2.75) is 65.0 Å². The molecule has 1 aliphatic rings. The molecule has 2 N–H and O–H groups in total. The fraction of sp³-hybridized carbons (Fsp3) is 0.600. The zero-order chi connectivity index (χ0) is 19.7. The third-order valence-corrected chi connectivity index (χ3v) is 5.30. The minimum absolute atomic E-state index is 0.0712. The molecule has 0 aromatic carbocycles. The van der Waals surface area contributed by atoms with E-state index in [2.05, 4.69) is 62.2 Å². The molecular weight excluding hydrogens is 354 g/mol. The van der Waals surface area contributed by atoms with Crippen LogP contribution in [0.15, 0.2) is 16.8 Å². The van der Waals surface area contributed by atoms with Gasteiger partial charge in [-0.2, -0.15) is 10.1 Å². The fourth-order valence-corrected chi connectivity index (χ4v) is 3.55. The van der Waals surface area contributed by atoms with Crippen LogP contribution >= 0.6 is 0 Å². The Morgan fingerprint density at radius 2 is 2.04 bits per heavy atom. The molecule has 0 amide bonds. The molecule has 3 aromatic heterocycles. The number of aromatic nitrogens is 5. The number of fused-ring (bicyclic) bond motifs is 1. The van der Waals surface area contributed by atoms with Crippen molar-refractivity contribution in [1.82, 2.24) is 30.5 Å². The molecule has 3 aromatic rings. The van der Waals surface area contributed by atoms with Crippen LogP contribution in [-0.2, 0) is 18.4 Å². The summed E-state index contributed by atoms with van der Waals surface area (Å²) in [6.45, 7) is 11.3. The van der Waals surface area contributed by atoms with Gasteiger partial charge >= 0.3 is 0 Å². The van der Waals surface area contributed by atoms with E-state index in [9.17, 15) is 0 Å². The van der Waals surface area contributed by atoms with E-state index in [1.54, 1.807) is 6.33 Å². The first kappa shape index (κ1) is 18.9. The Balaban J connectivity index is 1.35. The van der Waals surface area contributed by atoms with Gasteiger partial charge in [0, 0.05) is 43.2 Å². The Kier molecular flexibility index (Phi) is 5.05. The van der Waals surface area contributed by atoms with E-state index in [-0.39, 0.29) is 5.41 Å². The number of H-pyrrole nitrogens is 1. The van der Waals surface area contributed by atoms with Crippen molar-refractivity contribution in [1.29, 1.82) is 0 Å². The van der Waals surface area contributed by atoms with Crippen molar-refractivity contribution in [3.8, 4) is 0 Å². The van der Waals surface area contributed by atoms with Gasteiger partial charge < -0.3 is 14.6 Å². The topological polar surface area (TPSA) is 95.8 Å². The normalized spacial score (nSPS) is 16.2. The standard InChI is InChI=1S/C20H29N7O/c1-5-16-24-17-18(22-12-23-19(17)28-16)27-8-6-13(7-9-27)21-11-14-10-15(26-25-14)20(2,3)4/h10,12-13,21H,5-9,11H2,1-4H3,(H,25,26). The Labute approximate surface area is 165 Å². The lowest BCUT2D eigenvalue weighted by Gasteiger charge is -2.33. The van der Waals surface area contributed by atoms with Crippen LogP contribution in [0.2, 0.25) is 0 Å². The number of piperidine rings is 1. The SMILES string of the molecule is CCc1nc2c(N3CCC(NCc4cc(C(C)(C)C)n[nH]4)CC3)ncnc2o1. The molecule has 0 saturated carbocycles. The lowest BCUT2D eigenvalue weighted by molar-refractivity contribution is 0.411. The monoisotopic (exact) mass is 383 g/mol. The highest BCUT2D eigenvalue weighted by Crippen LogP contribution is 2.26. The molecule has 0 radical (unpaired) electrons. The molecule has 0 aliphatic carbocycles. The van der Waals surface area contributed by atoms with Gasteiger partial charge in [0.25, 0.3) is 5.71 Å². The average molecular weight is 384 g/mol. The van der Waals surface area contributed by atoms with E-state index in [0.29, 0.717) is 17.6 Å².